The predicted molar refractivity (Wildman–Crippen MR) is 92.2 cm³/mol. The number of alkyl halides is 6. The van der Waals surface area contributed by atoms with Gasteiger partial charge in [0.25, 0.3) is 5.91 Å². The Hall–Kier alpha value is -2.49. The Bertz CT molecular complexity index is 930. The van der Waals surface area contributed by atoms with Crippen molar-refractivity contribution in [2.75, 3.05) is 18.1 Å². The molecule has 0 atom stereocenters. The number of carbonyl (C=O) groups is 1. The average molecular weight is 439 g/mol. The van der Waals surface area contributed by atoms with Crippen molar-refractivity contribution >= 4 is 23.2 Å². The van der Waals surface area contributed by atoms with Gasteiger partial charge in [-0.05, 0) is 42.7 Å². The van der Waals surface area contributed by atoms with Gasteiger partial charge in [-0.3, -0.25) is 4.79 Å². The molecule has 1 aromatic heterocycles. The first-order valence-electron chi connectivity index (χ1n) is 8.33. The van der Waals surface area contributed by atoms with Gasteiger partial charge >= 0.3 is 12.4 Å². The van der Waals surface area contributed by atoms with Crippen molar-refractivity contribution in [3.63, 3.8) is 0 Å². The van der Waals surface area contributed by atoms with E-state index in [0.29, 0.717) is 24.1 Å². The molecule has 156 valence electrons. The molecule has 2 aromatic rings. The fourth-order valence-electron chi connectivity index (χ4n) is 2.94. The van der Waals surface area contributed by atoms with E-state index in [1.807, 2.05) is 0 Å². The van der Waals surface area contributed by atoms with Crippen LogP contribution in [0.1, 0.15) is 27.9 Å². The molecule has 1 aliphatic heterocycles. The molecule has 2 heterocycles. The number of aromatic nitrogens is 1. The molecule has 0 radical (unpaired) electrons. The van der Waals surface area contributed by atoms with E-state index in [1.165, 1.54) is 11.0 Å². The highest BCUT2D eigenvalue weighted by Crippen LogP contribution is 2.36. The van der Waals surface area contributed by atoms with Gasteiger partial charge in [0.05, 0.1) is 11.1 Å². The van der Waals surface area contributed by atoms with Crippen molar-refractivity contribution in [1.82, 2.24) is 4.98 Å². The van der Waals surface area contributed by atoms with E-state index in [-0.39, 0.29) is 17.1 Å². The number of fused-ring (bicyclic) bond motifs is 1. The zero-order valence-corrected chi connectivity index (χ0v) is 15.3. The van der Waals surface area contributed by atoms with Gasteiger partial charge in [0.2, 0.25) is 5.88 Å². The highest BCUT2D eigenvalue weighted by molar-refractivity contribution is 6.32. The van der Waals surface area contributed by atoms with Gasteiger partial charge < -0.3 is 9.64 Å². The van der Waals surface area contributed by atoms with Crippen molar-refractivity contribution in [2.45, 2.75) is 25.2 Å². The topological polar surface area (TPSA) is 42.4 Å². The Balaban J connectivity index is 1.84. The van der Waals surface area contributed by atoms with Gasteiger partial charge in [0.15, 0.2) is 6.61 Å². The number of hydrogen-bond donors (Lipinski definition) is 0. The lowest BCUT2D eigenvalue weighted by Crippen LogP contribution is -2.35. The van der Waals surface area contributed by atoms with Crippen LogP contribution >= 0.6 is 11.6 Å². The number of anilines is 1. The fourth-order valence-corrected chi connectivity index (χ4v) is 3.16. The first kappa shape index (κ1) is 21.2. The molecule has 1 aliphatic rings. The maximum atomic E-state index is 12.9. The van der Waals surface area contributed by atoms with Gasteiger partial charge in [-0.15, -0.1) is 0 Å². The Kier molecular flexibility index (Phi) is 5.66. The maximum Gasteiger partial charge on any atom is 0.422 e. The molecule has 0 fully saturated rings. The lowest BCUT2D eigenvalue weighted by Gasteiger charge is -2.30. The van der Waals surface area contributed by atoms with Gasteiger partial charge in [-0.25, -0.2) is 4.98 Å². The molecule has 29 heavy (non-hydrogen) atoms. The molecule has 1 aromatic carbocycles. The summed E-state index contributed by atoms with van der Waals surface area (Å²) in [6.07, 6.45) is -7.23. The van der Waals surface area contributed by atoms with Crippen LogP contribution in [0.5, 0.6) is 5.88 Å². The standard InChI is InChI=1S/C18H13ClF6N2O2/c19-13-7-11(8-26-15(13)29-9-17(20,21)22)16(28)27-5-1-2-10-6-12(18(23,24)25)3-4-14(10)27/h3-4,6-8H,1-2,5,9H2. The van der Waals surface area contributed by atoms with Crippen molar-refractivity contribution in [3.05, 3.63) is 52.2 Å². The third kappa shape index (κ3) is 4.92. The molecular formula is C18H13ClF6N2O2. The Morgan fingerprint density at radius 1 is 1.17 bits per heavy atom. The van der Waals surface area contributed by atoms with E-state index in [0.717, 1.165) is 24.4 Å². The molecule has 0 spiro atoms. The van der Waals surface area contributed by atoms with Gasteiger partial charge in [-0.2, -0.15) is 26.3 Å². The second-order valence-corrected chi connectivity index (χ2v) is 6.72. The van der Waals surface area contributed by atoms with Gasteiger partial charge in [0, 0.05) is 18.4 Å². The molecular weight excluding hydrogens is 426 g/mol. The minimum absolute atomic E-state index is 0.0258. The number of hydrogen-bond acceptors (Lipinski definition) is 3. The van der Waals surface area contributed by atoms with Crippen LogP contribution in [0.15, 0.2) is 30.5 Å². The van der Waals surface area contributed by atoms with Crippen LogP contribution in [0.2, 0.25) is 5.02 Å². The van der Waals surface area contributed by atoms with Crippen LogP contribution in [-0.4, -0.2) is 30.2 Å². The minimum atomic E-state index is -4.58. The quantitative estimate of drug-likeness (QED) is 0.612. The summed E-state index contributed by atoms with van der Waals surface area (Å²) in [4.78, 5) is 17.8. The third-order valence-corrected chi connectivity index (χ3v) is 4.47. The Morgan fingerprint density at radius 2 is 1.90 bits per heavy atom. The highest BCUT2D eigenvalue weighted by Gasteiger charge is 2.33. The van der Waals surface area contributed by atoms with E-state index in [4.69, 9.17) is 11.6 Å². The SMILES string of the molecule is O=C(c1cnc(OCC(F)(F)F)c(Cl)c1)N1CCCc2cc(C(F)(F)F)ccc21. The molecule has 1 amide bonds. The average Bonchev–Trinajstić information content (AvgIpc) is 2.64. The largest absolute Gasteiger partial charge is 0.467 e. The molecule has 0 unspecified atom stereocenters. The monoisotopic (exact) mass is 438 g/mol. The zero-order valence-electron chi connectivity index (χ0n) is 14.6. The van der Waals surface area contributed by atoms with Crippen LogP contribution in [0, 0.1) is 0 Å². The summed E-state index contributed by atoms with van der Waals surface area (Å²) < 4.78 is 79.9. The van der Waals surface area contributed by atoms with Crippen molar-refractivity contribution in [1.29, 1.82) is 0 Å². The van der Waals surface area contributed by atoms with Crippen molar-refractivity contribution < 1.29 is 35.9 Å². The number of amides is 1. The Labute approximate surface area is 166 Å². The van der Waals surface area contributed by atoms with E-state index < -0.39 is 36.3 Å². The van der Waals surface area contributed by atoms with Gasteiger partial charge in [-0.1, -0.05) is 11.6 Å². The second kappa shape index (κ2) is 7.74. The summed E-state index contributed by atoms with van der Waals surface area (Å²) in [6.45, 7) is -1.32. The van der Waals surface area contributed by atoms with E-state index in [1.54, 1.807) is 0 Å². The maximum absolute atomic E-state index is 12.9. The number of halogens is 7. The molecule has 3 rings (SSSR count). The first-order valence-corrected chi connectivity index (χ1v) is 8.70. The minimum Gasteiger partial charge on any atom is -0.467 e. The van der Waals surface area contributed by atoms with E-state index in [2.05, 4.69) is 9.72 Å². The number of benzene rings is 1. The summed E-state index contributed by atoms with van der Waals surface area (Å²) in [7, 11) is 0. The smallest absolute Gasteiger partial charge is 0.422 e. The Morgan fingerprint density at radius 3 is 2.52 bits per heavy atom. The predicted octanol–water partition coefficient (Wildman–Crippen LogP) is 5.29. The molecule has 0 saturated heterocycles. The molecule has 11 heteroatoms. The summed E-state index contributed by atoms with van der Waals surface area (Å²) in [5.74, 6) is -1.06. The molecule has 0 aliphatic carbocycles. The molecule has 4 nitrogen and oxygen atoms in total. The summed E-state index contributed by atoms with van der Waals surface area (Å²) >= 11 is 5.86. The fraction of sp³-hybridized carbons (Fsp3) is 0.333. The first-order chi connectivity index (χ1) is 13.5. The van der Waals surface area contributed by atoms with Crippen LogP contribution in [-0.2, 0) is 12.6 Å². The molecule has 0 saturated carbocycles. The van der Waals surface area contributed by atoms with E-state index >= 15 is 0 Å². The number of aryl methyl sites for hydroxylation is 1. The van der Waals surface area contributed by atoms with Crippen LogP contribution in [0.4, 0.5) is 32.0 Å². The van der Waals surface area contributed by atoms with Crippen molar-refractivity contribution in [3.8, 4) is 5.88 Å². The summed E-state index contributed by atoms with van der Waals surface area (Å²) in [5, 5.41) is -0.287. The van der Waals surface area contributed by atoms with E-state index in [9.17, 15) is 31.1 Å². The van der Waals surface area contributed by atoms with Crippen LogP contribution in [0.3, 0.4) is 0 Å². The van der Waals surface area contributed by atoms with Crippen molar-refractivity contribution in [2.24, 2.45) is 0 Å². The number of pyridine rings is 1. The third-order valence-electron chi connectivity index (χ3n) is 4.20. The molecule has 0 N–H and O–H groups in total. The summed E-state index contributed by atoms with van der Waals surface area (Å²) in [5.41, 5.74) is -0.116. The van der Waals surface area contributed by atoms with Crippen LogP contribution in [0.25, 0.3) is 0 Å². The number of ether oxygens (including phenoxy) is 1. The van der Waals surface area contributed by atoms with Crippen LogP contribution < -0.4 is 9.64 Å². The number of carbonyl (C=O) groups excluding carboxylic acids is 1. The summed E-state index contributed by atoms with van der Waals surface area (Å²) in [6, 6.07) is 4.24. The molecule has 0 bridgehead atoms. The van der Waals surface area contributed by atoms with Gasteiger partial charge in [0.1, 0.15) is 5.02 Å². The zero-order chi connectivity index (χ0) is 21.4. The normalized spacial score (nSPS) is 14.5. The second-order valence-electron chi connectivity index (χ2n) is 6.32. The lowest BCUT2D eigenvalue weighted by atomic mass is 9.98. The number of nitrogens with zero attached hydrogens (tertiary/aromatic N) is 2. The highest BCUT2D eigenvalue weighted by atomic mass is 35.5. The number of rotatable bonds is 3. The lowest BCUT2D eigenvalue weighted by molar-refractivity contribution is -0.154.